The van der Waals surface area contributed by atoms with Gasteiger partial charge in [0.25, 0.3) is 0 Å². The number of ether oxygens (including phenoxy) is 2. The summed E-state index contributed by atoms with van der Waals surface area (Å²) in [5.41, 5.74) is 0.226. The summed E-state index contributed by atoms with van der Waals surface area (Å²) in [4.78, 5) is 36.8. The molecule has 0 bridgehead atoms. The summed E-state index contributed by atoms with van der Waals surface area (Å²) in [6.45, 7) is 6.59. The highest BCUT2D eigenvalue weighted by atomic mass is 19.1. The van der Waals surface area contributed by atoms with Crippen LogP contribution in [-0.4, -0.2) is 36.7 Å². The van der Waals surface area contributed by atoms with E-state index >= 15 is 0 Å². The summed E-state index contributed by atoms with van der Waals surface area (Å²) in [6, 6.07) is 9.64. The van der Waals surface area contributed by atoms with E-state index in [1.54, 1.807) is 58.2 Å². The van der Waals surface area contributed by atoms with Gasteiger partial charge in [-0.25, -0.2) is 9.18 Å². The largest absolute Gasteiger partial charge is 0.497 e. The third-order valence-corrected chi connectivity index (χ3v) is 4.17. The number of nitrogens with one attached hydrogen (secondary N) is 3. The first-order valence-electron chi connectivity index (χ1n) is 10.2. The first kappa shape index (κ1) is 25.4. The molecule has 0 aliphatic rings. The number of rotatable bonds is 7. The van der Waals surface area contributed by atoms with E-state index in [1.807, 2.05) is 0 Å². The van der Waals surface area contributed by atoms with Crippen LogP contribution in [0.1, 0.15) is 33.3 Å². The third kappa shape index (κ3) is 8.64. The third-order valence-electron chi connectivity index (χ3n) is 4.17. The molecule has 0 heterocycles. The highest BCUT2D eigenvalue weighted by Gasteiger charge is 2.20. The maximum absolute atomic E-state index is 13.7. The van der Waals surface area contributed by atoms with Crippen molar-refractivity contribution in [2.45, 2.75) is 39.3 Å². The number of hydrogen-bond donors (Lipinski definition) is 3. The van der Waals surface area contributed by atoms with Crippen LogP contribution in [0.4, 0.5) is 20.6 Å². The topological polar surface area (TPSA) is 106 Å². The molecule has 3 amide bonds. The lowest BCUT2D eigenvalue weighted by molar-refractivity contribution is -0.123. The molecule has 0 saturated heterocycles. The monoisotopic (exact) mass is 457 g/mol. The van der Waals surface area contributed by atoms with Gasteiger partial charge in [-0.15, -0.1) is 0 Å². The van der Waals surface area contributed by atoms with E-state index < -0.39 is 35.4 Å². The maximum Gasteiger partial charge on any atom is 0.412 e. The number of methoxy groups -OCH3 is 1. The molecule has 0 radical (unpaired) electrons. The standard InChI is InChI=1S/C24H28FN3O5/c1-15(26-21(29)13-8-16-6-10-18(32-5)11-7-16)22(30)27-20-14-17(25)9-12-19(20)28-23(31)33-24(2,3)4/h6-15H,1-5H3,(H,26,29)(H,27,30)(H,28,31)/b13-8+. The Balaban J connectivity index is 2.00. The van der Waals surface area contributed by atoms with Gasteiger partial charge in [0.15, 0.2) is 0 Å². The van der Waals surface area contributed by atoms with Crippen molar-refractivity contribution in [1.82, 2.24) is 5.32 Å². The van der Waals surface area contributed by atoms with Crippen LogP contribution in [0.5, 0.6) is 5.75 Å². The first-order chi connectivity index (χ1) is 15.5. The summed E-state index contributed by atoms with van der Waals surface area (Å²) >= 11 is 0. The number of anilines is 2. The van der Waals surface area contributed by atoms with E-state index in [0.717, 1.165) is 17.7 Å². The fraction of sp³-hybridized carbons (Fsp3) is 0.292. The normalized spacial score (nSPS) is 12.1. The molecular weight excluding hydrogens is 429 g/mol. The fourth-order valence-corrected chi connectivity index (χ4v) is 2.60. The second-order valence-electron chi connectivity index (χ2n) is 8.14. The zero-order valence-electron chi connectivity index (χ0n) is 19.2. The molecule has 9 heteroatoms. The Labute approximate surface area is 192 Å². The quantitative estimate of drug-likeness (QED) is 0.537. The van der Waals surface area contributed by atoms with Crippen molar-refractivity contribution in [3.8, 4) is 5.75 Å². The number of hydrogen-bond acceptors (Lipinski definition) is 5. The number of carbonyl (C=O) groups excluding carboxylic acids is 3. The summed E-state index contributed by atoms with van der Waals surface area (Å²) in [6.07, 6.45) is 2.13. The minimum absolute atomic E-state index is 0.0285. The van der Waals surface area contributed by atoms with Crippen molar-refractivity contribution in [3.63, 3.8) is 0 Å². The highest BCUT2D eigenvalue weighted by Crippen LogP contribution is 2.24. The Kier molecular flexibility index (Phi) is 8.56. The van der Waals surface area contributed by atoms with Crippen molar-refractivity contribution >= 4 is 35.4 Å². The number of benzene rings is 2. The molecule has 0 aliphatic heterocycles. The Morgan fingerprint density at radius 3 is 2.27 bits per heavy atom. The fourth-order valence-electron chi connectivity index (χ4n) is 2.60. The number of amides is 3. The van der Waals surface area contributed by atoms with E-state index in [9.17, 15) is 18.8 Å². The molecule has 1 atom stereocenters. The van der Waals surface area contributed by atoms with E-state index in [2.05, 4.69) is 16.0 Å². The van der Waals surface area contributed by atoms with Gasteiger partial charge in [-0.3, -0.25) is 14.9 Å². The van der Waals surface area contributed by atoms with Crippen LogP contribution in [0.15, 0.2) is 48.5 Å². The van der Waals surface area contributed by atoms with Crippen molar-refractivity contribution in [3.05, 3.63) is 59.9 Å². The predicted molar refractivity (Wildman–Crippen MR) is 125 cm³/mol. The van der Waals surface area contributed by atoms with Crippen LogP contribution < -0.4 is 20.7 Å². The van der Waals surface area contributed by atoms with Crippen LogP contribution in [-0.2, 0) is 14.3 Å². The lowest BCUT2D eigenvalue weighted by Crippen LogP contribution is -2.41. The SMILES string of the molecule is COc1ccc(/C=C/C(=O)NC(C)C(=O)Nc2cc(F)ccc2NC(=O)OC(C)(C)C)cc1. The lowest BCUT2D eigenvalue weighted by atomic mass is 10.2. The van der Waals surface area contributed by atoms with E-state index in [-0.39, 0.29) is 11.4 Å². The van der Waals surface area contributed by atoms with Crippen molar-refractivity contribution < 1.29 is 28.2 Å². The summed E-state index contributed by atoms with van der Waals surface area (Å²) in [5, 5.41) is 7.52. The Bertz CT molecular complexity index is 1030. The van der Waals surface area contributed by atoms with E-state index in [0.29, 0.717) is 5.75 Å². The summed E-state index contributed by atoms with van der Waals surface area (Å²) in [5.74, 6) is -1.00. The average Bonchev–Trinajstić information content (AvgIpc) is 2.73. The molecule has 0 aliphatic carbocycles. The van der Waals surface area contributed by atoms with Gasteiger partial charge >= 0.3 is 6.09 Å². The number of carbonyl (C=O) groups is 3. The molecule has 0 saturated carbocycles. The van der Waals surface area contributed by atoms with Gasteiger partial charge in [-0.05, 0) is 69.7 Å². The van der Waals surface area contributed by atoms with Crippen LogP contribution >= 0.6 is 0 Å². The predicted octanol–water partition coefficient (Wildman–Crippen LogP) is 4.34. The summed E-state index contributed by atoms with van der Waals surface area (Å²) in [7, 11) is 1.56. The smallest absolute Gasteiger partial charge is 0.412 e. The second kappa shape index (κ2) is 11.1. The van der Waals surface area contributed by atoms with Crippen LogP contribution in [0.2, 0.25) is 0 Å². The zero-order valence-corrected chi connectivity index (χ0v) is 19.2. The van der Waals surface area contributed by atoms with Gasteiger partial charge in [0, 0.05) is 6.08 Å². The first-order valence-corrected chi connectivity index (χ1v) is 10.2. The molecule has 0 fully saturated rings. The average molecular weight is 458 g/mol. The molecule has 33 heavy (non-hydrogen) atoms. The van der Waals surface area contributed by atoms with Crippen LogP contribution in [0.3, 0.4) is 0 Å². The van der Waals surface area contributed by atoms with E-state index in [4.69, 9.17) is 9.47 Å². The van der Waals surface area contributed by atoms with Crippen molar-refractivity contribution in [2.24, 2.45) is 0 Å². The minimum atomic E-state index is -0.935. The van der Waals surface area contributed by atoms with Gasteiger partial charge in [0.2, 0.25) is 11.8 Å². The molecule has 1 unspecified atom stereocenters. The molecule has 0 spiro atoms. The lowest BCUT2D eigenvalue weighted by Gasteiger charge is -2.21. The van der Waals surface area contributed by atoms with E-state index in [1.165, 1.54) is 19.1 Å². The molecule has 8 nitrogen and oxygen atoms in total. The molecule has 3 N–H and O–H groups in total. The molecule has 176 valence electrons. The molecule has 2 aromatic rings. The van der Waals surface area contributed by atoms with Crippen LogP contribution in [0.25, 0.3) is 6.08 Å². The Morgan fingerprint density at radius 1 is 1.00 bits per heavy atom. The molecular formula is C24H28FN3O5. The van der Waals surface area contributed by atoms with Gasteiger partial charge in [0.05, 0.1) is 18.5 Å². The molecule has 0 aromatic heterocycles. The summed E-state index contributed by atoms with van der Waals surface area (Å²) < 4.78 is 24.0. The van der Waals surface area contributed by atoms with Crippen molar-refractivity contribution in [1.29, 1.82) is 0 Å². The minimum Gasteiger partial charge on any atom is -0.497 e. The maximum atomic E-state index is 13.7. The Morgan fingerprint density at radius 2 is 1.67 bits per heavy atom. The van der Waals surface area contributed by atoms with Crippen LogP contribution in [0, 0.1) is 5.82 Å². The highest BCUT2D eigenvalue weighted by molar-refractivity contribution is 6.02. The van der Waals surface area contributed by atoms with Gasteiger partial charge in [-0.2, -0.15) is 0 Å². The van der Waals surface area contributed by atoms with Crippen molar-refractivity contribution in [2.75, 3.05) is 17.7 Å². The van der Waals surface area contributed by atoms with Gasteiger partial charge < -0.3 is 20.1 Å². The number of halogens is 1. The second-order valence-corrected chi connectivity index (χ2v) is 8.14. The zero-order chi connectivity index (χ0) is 24.6. The Hall–Kier alpha value is -3.88. The molecule has 2 rings (SSSR count). The molecule has 2 aromatic carbocycles. The van der Waals surface area contributed by atoms with Gasteiger partial charge in [-0.1, -0.05) is 12.1 Å². The van der Waals surface area contributed by atoms with Gasteiger partial charge in [0.1, 0.15) is 23.2 Å².